The van der Waals surface area contributed by atoms with Gasteiger partial charge in [-0.2, -0.15) is 0 Å². The molecule has 5 heteroatoms. The Bertz CT molecular complexity index is 260. The van der Waals surface area contributed by atoms with Crippen molar-refractivity contribution in [3.63, 3.8) is 0 Å². The maximum atomic E-state index is 11.5. The molecule has 0 aliphatic carbocycles. The molecule has 4 nitrogen and oxygen atoms in total. The molecule has 0 saturated carbocycles. The van der Waals surface area contributed by atoms with Gasteiger partial charge in [-0.3, -0.25) is 0 Å². The topological polar surface area (TPSA) is 62.4 Å². The van der Waals surface area contributed by atoms with Crippen molar-refractivity contribution in [1.29, 1.82) is 0 Å². The number of alkyl halides is 1. The van der Waals surface area contributed by atoms with E-state index < -0.39 is 0 Å². The molecule has 1 unspecified atom stereocenters. The standard InChI is InChI=1S/C8H13IN3O/c1-9-8(13)7(10-2)3-6-4-11-5-12-6/h4-5,7,10H,3H2,1-2H3,(H,11,12)/q-1/p+1. The normalized spacial score (nSPS) is 13.1. The first kappa shape index (κ1) is 10.6. The molecule has 1 aromatic heterocycles. The van der Waals surface area contributed by atoms with Gasteiger partial charge < -0.3 is 0 Å². The summed E-state index contributed by atoms with van der Waals surface area (Å²) in [6, 6.07) is 0.0817. The minimum atomic E-state index is -0.290. The van der Waals surface area contributed by atoms with Crippen LogP contribution in [0.1, 0.15) is 5.69 Å². The van der Waals surface area contributed by atoms with E-state index in [9.17, 15) is 4.79 Å². The van der Waals surface area contributed by atoms with Crippen molar-refractivity contribution in [2.45, 2.75) is 12.5 Å². The third-order valence-corrected chi connectivity index (χ3v) is 3.74. The van der Waals surface area contributed by atoms with Crippen LogP contribution in [0, 0.1) is 0 Å². The van der Waals surface area contributed by atoms with Gasteiger partial charge in [0, 0.05) is 0 Å². The summed E-state index contributed by atoms with van der Waals surface area (Å²) in [5, 5.41) is 1.98. The first-order valence-corrected chi connectivity index (χ1v) is 7.31. The first-order valence-electron chi connectivity index (χ1n) is 4.08. The van der Waals surface area contributed by atoms with Crippen molar-refractivity contribution >= 4 is 3.79 Å². The second-order valence-corrected chi connectivity index (χ2v) is 4.86. The Morgan fingerprint density at radius 2 is 2.62 bits per heavy atom. The average molecular weight is 295 g/mol. The number of likely N-dealkylation sites (N-methyl/N-ethyl adjacent to an activating group) is 1. The molecular weight excluding hydrogens is 281 g/mol. The fourth-order valence-electron chi connectivity index (χ4n) is 1.10. The SMILES string of the molecule is C[NH2+]C(Cc1cnc[nH]1)C(=O)[I-]C. The molecule has 0 aliphatic heterocycles. The van der Waals surface area contributed by atoms with Crippen LogP contribution in [0.5, 0.6) is 0 Å². The molecule has 13 heavy (non-hydrogen) atoms. The van der Waals surface area contributed by atoms with Crippen molar-refractivity contribution in [3.05, 3.63) is 18.2 Å². The van der Waals surface area contributed by atoms with E-state index in [2.05, 4.69) is 9.97 Å². The van der Waals surface area contributed by atoms with Crippen LogP contribution in [0.2, 0.25) is 0 Å². The van der Waals surface area contributed by atoms with Crippen LogP contribution >= 0.6 is 0 Å². The molecule has 1 heterocycles. The third-order valence-electron chi connectivity index (χ3n) is 1.87. The number of nitrogens with one attached hydrogen (secondary N) is 1. The van der Waals surface area contributed by atoms with E-state index in [-0.39, 0.29) is 27.2 Å². The number of nitrogens with two attached hydrogens (primary N) is 1. The zero-order valence-corrected chi connectivity index (χ0v) is 9.91. The Labute approximate surface area is 87.8 Å². The van der Waals surface area contributed by atoms with E-state index >= 15 is 0 Å². The Morgan fingerprint density at radius 1 is 1.85 bits per heavy atom. The van der Waals surface area contributed by atoms with Crippen molar-refractivity contribution in [2.75, 3.05) is 12.0 Å². The Kier molecular flexibility index (Phi) is 4.37. The van der Waals surface area contributed by atoms with Crippen LogP contribution in [-0.2, 0) is 11.2 Å². The number of quaternary nitrogens is 1. The van der Waals surface area contributed by atoms with Gasteiger partial charge in [0.1, 0.15) is 0 Å². The monoisotopic (exact) mass is 295 g/mol. The van der Waals surface area contributed by atoms with Gasteiger partial charge in [0.15, 0.2) is 0 Å². The summed E-state index contributed by atoms with van der Waals surface area (Å²) in [6.45, 7) is 0. The van der Waals surface area contributed by atoms with Crippen LogP contribution in [-0.4, -0.2) is 31.8 Å². The van der Waals surface area contributed by atoms with E-state index in [0.29, 0.717) is 3.79 Å². The zero-order chi connectivity index (χ0) is 9.68. The number of aromatic amines is 1. The van der Waals surface area contributed by atoms with Crippen molar-refractivity contribution < 1.29 is 31.3 Å². The van der Waals surface area contributed by atoms with Gasteiger partial charge in [0.05, 0.1) is 0 Å². The number of nitrogens with zero attached hydrogens (tertiary/aromatic N) is 1. The summed E-state index contributed by atoms with van der Waals surface area (Å²) in [4.78, 5) is 20.4. The number of carbonyl (C=O) groups excluding carboxylic acids is 1. The van der Waals surface area contributed by atoms with Gasteiger partial charge in [-0.1, -0.05) is 0 Å². The summed E-state index contributed by atoms with van der Waals surface area (Å²) >= 11 is -0.290. The van der Waals surface area contributed by atoms with Crippen LogP contribution in [0.25, 0.3) is 0 Å². The predicted molar refractivity (Wildman–Crippen MR) is 44.9 cm³/mol. The van der Waals surface area contributed by atoms with Gasteiger partial charge in [0.2, 0.25) is 0 Å². The van der Waals surface area contributed by atoms with Crippen molar-refractivity contribution in [3.8, 4) is 0 Å². The second-order valence-electron chi connectivity index (χ2n) is 2.71. The van der Waals surface area contributed by atoms with Crippen LogP contribution in [0.3, 0.4) is 0 Å². The number of hydrogen-bond acceptors (Lipinski definition) is 2. The van der Waals surface area contributed by atoms with Crippen molar-refractivity contribution in [2.24, 2.45) is 0 Å². The maximum absolute atomic E-state index is 11.5. The molecule has 1 aromatic rings. The van der Waals surface area contributed by atoms with E-state index in [0.717, 1.165) is 12.1 Å². The summed E-state index contributed by atoms with van der Waals surface area (Å²) in [6.07, 6.45) is 4.19. The molecule has 74 valence electrons. The average Bonchev–Trinajstić information content (AvgIpc) is 2.65. The second kappa shape index (κ2) is 5.33. The summed E-state index contributed by atoms with van der Waals surface area (Å²) in [7, 11) is 1.94. The van der Waals surface area contributed by atoms with Crippen LogP contribution in [0.4, 0.5) is 0 Å². The van der Waals surface area contributed by atoms with Crippen LogP contribution in [0.15, 0.2) is 12.5 Å². The Hall–Kier alpha value is -0.430. The van der Waals surface area contributed by atoms with E-state index in [4.69, 9.17) is 0 Å². The van der Waals surface area contributed by atoms with Crippen LogP contribution < -0.4 is 26.5 Å². The fourth-order valence-corrected chi connectivity index (χ4v) is 2.48. The molecule has 3 N–H and O–H groups in total. The zero-order valence-electron chi connectivity index (χ0n) is 7.75. The molecule has 0 amide bonds. The molecule has 0 aliphatic rings. The number of carbonyl (C=O) groups is 1. The number of imidazole rings is 1. The van der Waals surface area contributed by atoms with Crippen molar-refractivity contribution in [1.82, 2.24) is 9.97 Å². The molecule has 0 spiro atoms. The van der Waals surface area contributed by atoms with E-state index in [1.807, 2.05) is 17.3 Å². The molecule has 0 saturated heterocycles. The number of aromatic nitrogens is 2. The number of hydrogen-bond donors (Lipinski definition) is 2. The third kappa shape index (κ3) is 3.07. The first-order chi connectivity index (χ1) is 6.27. The summed E-state index contributed by atoms with van der Waals surface area (Å²) < 4.78 is 0.399. The summed E-state index contributed by atoms with van der Waals surface area (Å²) in [5.41, 5.74) is 1.04. The van der Waals surface area contributed by atoms with E-state index in [1.165, 1.54) is 0 Å². The van der Waals surface area contributed by atoms with Gasteiger partial charge in [-0.05, 0) is 0 Å². The Morgan fingerprint density at radius 3 is 3.08 bits per heavy atom. The van der Waals surface area contributed by atoms with E-state index in [1.54, 1.807) is 12.5 Å². The van der Waals surface area contributed by atoms with Gasteiger partial charge >= 0.3 is 87.7 Å². The quantitative estimate of drug-likeness (QED) is 0.328. The van der Waals surface area contributed by atoms with Gasteiger partial charge in [-0.25, -0.2) is 0 Å². The number of H-pyrrole nitrogens is 1. The molecule has 0 aromatic carbocycles. The molecule has 1 rings (SSSR count). The molecule has 0 radical (unpaired) electrons. The molecule has 0 fully saturated rings. The van der Waals surface area contributed by atoms with Gasteiger partial charge in [-0.15, -0.1) is 0 Å². The molecular formula is C8H14IN3O. The number of rotatable bonds is 5. The molecule has 0 bridgehead atoms. The predicted octanol–water partition coefficient (Wildman–Crippen LogP) is -4.24. The molecule has 1 atom stereocenters. The summed E-state index contributed by atoms with van der Waals surface area (Å²) in [5.74, 6) is 0. The Balaban J connectivity index is 2.54. The number of halogens is 1. The fraction of sp³-hybridized carbons (Fsp3) is 0.500. The minimum absolute atomic E-state index is 0.0817. The van der Waals surface area contributed by atoms with Gasteiger partial charge in [0.25, 0.3) is 0 Å².